The van der Waals surface area contributed by atoms with Gasteiger partial charge in [0.1, 0.15) is 0 Å². The number of benzene rings is 1. The Bertz CT molecular complexity index is 358. The van der Waals surface area contributed by atoms with Crippen molar-refractivity contribution in [3.05, 3.63) is 35.9 Å². The molecular formula is C15H22N2. The van der Waals surface area contributed by atoms with Crippen molar-refractivity contribution >= 4 is 0 Å². The molecule has 92 valence electrons. The highest BCUT2D eigenvalue weighted by Crippen LogP contribution is 2.34. The third-order valence-electron chi connectivity index (χ3n) is 4.26. The highest BCUT2D eigenvalue weighted by atomic mass is 15.2. The van der Waals surface area contributed by atoms with Gasteiger partial charge in [-0.05, 0) is 31.2 Å². The predicted molar refractivity (Wildman–Crippen MR) is 70.9 cm³/mol. The standard InChI is InChI=1S/C15H22N2/c1-12(13-5-3-2-4-6-13)17-10-9-16-15(11-17)14-7-8-14/h2-6,12,14-16H,7-11H2,1H3. The van der Waals surface area contributed by atoms with Crippen LogP contribution >= 0.6 is 0 Å². The van der Waals surface area contributed by atoms with Gasteiger partial charge in [0.05, 0.1) is 0 Å². The zero-order chi connectivity index (χ0) is 11.7. The number of nitrogens with zero attached hydrogens (tertiary/aromatic N) is 1. The predicted octanol–water partition coefficient (Wildman–Crippen LogP) is 2.43. The highest BCUT2D eigenvalue weighted by Gasteiger charge is 2.35. The largest absolute Gasteiger partial charge is 0.311 e. The van der Waals surface area contributed by atoms with E-state index in [0.717, 1.165) is 18.5 Å². The molecule has 2 aliphatic rings. The molecule has 1 aromatic rings. The Morgan fingerprint density at radius 2 is 2.00 bits per heavy atom. The van der Waals surface area contributed by atoms with Crippen LogP contribution in [0.3, 0.4) is 0 Å². The normalized spacial score (nSPS) is 27.9. The summed E-state index contributed by atoms with van der Waals surface area (Å²) in [5, 5.41) is 3.68. The van der Waals surface area contributed by atoms with Gasteiger partial charge in [-0.2, -0.15) is 0 Å². The second-order valence-corrected chi connectivity index (χ2v) is 5.48. The Hall–Kier alpha value is -0.860. The van der Waals surface area contributed by atoms with E-state index in [1.165, 1.54) is 31.5 Å². The molecule has 1 aliphatic heterocycles. The fourth-order valence-electron chi connectivity index (χ4n) is 2.91. The van der Waals surface area contributed by atoms with Gasteiger partial charge < -0.3 is 5.32 Å². The van der Waals surface area contributed by atoms with Crippen LogP contribution in [0.2, 0.25) is 0 Å². The second kappa shape index (κ2) is 4.79. The smallest absolute Gasteiger partial charge is 0.0321 e. The van der Waals surface area contributed by atoms with Crippen LogP contribution in [0.5, 0.6) is 0 Å². The molecule has 1 heterocycles. The van der Waals surface area contributed by atoms with Gasteiger partial charge in [0.15, 0.2) is 0 Å². The third-order valence-corrected chi connectivity index (χ3v) is 4.26. The summed E-state index contributed by atoms with van der Waals surface area (Å²) in [5.41, 5.74) is 1.45. The zero-order valence-electron chi connectivity index (χ0n) is 10.6. The van der Waals surface area contributed by atoms with Crippen LogP contribution in [-0.2, 0) is 0 Å². The van der Waals surface area contributed by atoms with Gasteiger partial charge in [-0.15, -0.1) is 0 Å². The molecule has 2 nitrogen and oxygen atoms in total. The summed E-state index contributed by atoms with van der Waals surface area (Å²) in [6.45, 7) is 5.89. The van der Waals surface area contributed by atoms with Crippen LogP contribution in [0.4, 0.5) is 0 Å². The minimum Gasteiger partial charge on any atom is -0.311 e. The van der Waals surface area contributed by atoms with Gasteiger partial charge in [-0.3, -0.25) is 4.90 Å². The van der Waals surface area contributed by atoms with Crippen molar-refractivity contribution in [2.24, 2.45) is 5.92 Å². The zero-order valence-corrected chi connectivity index (χ0v) is 10.6. The van der Waals surface area contributed by atoms with Gasteiger partial charge >= 0.3 is 0 Å². The molecule has 17 heavy (non-hydrogen) atoms. The van der Waals surface area contributed by atoms with Gasteiger partial charge in [0.2, 0.25) is 0 Å². The lowest BCUT2D eigenvalue weighted by atomic mass is 10.0. The lowest BCUT2D eigenvalue weighted by Gasteiger charge is -2.38. The van der Waals surface area contributed by atoms with E-state index in [2.05, 4.69) is 47.5 Å². The lowest BCUT2D eigenvalue weighted by Crippen LogP contribution is -2.52. The van der Waals surface area contributed by atoms with Crippen molar-refractivity contribution in [3.8, 4) is 0 Å². The first-order valence-corrected chi connectivity index (χ1v) is 6.87. The first-order chi connectivity index (χ1) is 8.34. The molecule has 1 aliphatic carbocycles. The average molecular weight is 230 g/mol. The summed E-state index contributed by atoms with van der Waals surface area (Å²) in [4.78, 5) is 2.63. The molecule has 0 bridgehead atoms. The lowest BCUT2D eigenvalue weighted by molar-refractivity contribution is 0.144. The number of nitrogens with one attached hydrogen (secondary N) is 1. The van der Waals surface area contributed by atoms with Crippen molar-refractivity contribution in [1.29, 1.82) is 0 Å². The van der Waals surface area contributed by atoms with Gasteiger partial charge in [0, 0.05) is 31.7 Å². The number of rotatable bonds is 3. The molecule has 0 spiro atoms. The average Bonchev–Trinajstić information content (AvgIpc) is 3.23. The topological polar surface area (TPSA) is 15.3 Å². The van der Waals surface area contributed by atoms with E-state index in [0.29, 0.717) is 6.04 Å². The fraction of sp³-hybridized carbons (Fsp3) is 0.600. The van der Waals surface area contributed by atoms with Crippen LogP contribution in [0.25, 0.3) is 0 Å². The molecule has 1 N–H and O–H groups in total. The maximum absolute atomic E-state index is 3.68. The van der Waals surface area contributed by atoms with E-state index in [9.17, 15) is 0 Å². The number of hydrogen-bond acceptors (Lipinski definition) is 2. The maximum Gasteiger partial charge on any atom is 0.0321 e. The fourth-order valence-corrected chi connectivity index (χ4v) is 2.91. The van der Waals surface area contributed by atoms with Crippen LogP contribution < -0.4 is 5.32 Å². The molecule has 0 aromatic heterocycles. The molecule has 2 fully saturated rings. The van der Waals surface area contributed by atoms with Crippen molar-refractivity contribution in [2.75, 3.05) is 19.6 Å². The van der Waals surface area contributed by atoms with E-state index in [4.69, 9.17) is 0 Å². The van der Waals surface area contributed by atoms with E-state index in [1.54, 1.807) is 0 Å². The monoisotopic (exact) mass is 230 g/mol. The van der Waals surface area contributed by atoms with Gasteiger partial charge in [-0.1, -0.05) is 30.3 Å². The summed E-state index contributed by atoms with van der Waals surface area (Å²) in [6, 6.07) is 12.2. The van der Waals surface area contributed by atoms with E-state index < -0.39 is 0 Å². The van der Waals surface area contributed by atoms with Crippen molar-refractivity contribution in [2.45, 2.75) is 31.8 Å². The van der Waals surface area contributed by atoms with Crippen LogP contribution in [0.1, 0.15) is 31.4 Å². The molecular weight excluding hydrogens is 208 g/mol. The van der Waals surface area contributed by atoms with E-state index in [-0.39, 0.29) is 0 Å². The Labute approximate surface area is 104 Å². The maximum atomic E-state index is 3.68. The highest BCUT2D eigenvalue weighted by molar-refractivity contribution is 5.18. The van der Waals surface area contributed by atoms with Crippen LogP contribution in [-0.4, -0.2) is 30.6 Å². The minimum absolute atomic E-state index is 0.555. The summed E-state index contributed by atoms with van der Waals surface area (Å²) in [6.07, 6.45) is 2.87. The molecule has 1 saturated carbocycles. The molecule has 0 amide bonds. The molecule has 1 saturated heterocycles. The van der Waals surface area contributed by atoms with Crippen LogP contribution in [0.15, 0.2) is 30.3 Å². The summed E-state index contributed by atoms with van der Waals surface area (Å²) >= 11 is 0. The first-order valence-electron chi connectivity index (χ1n) is 6.87. The van der Waals surface area contributed by atoms with Gasteiger partial charge in [0.25, 0.3) is 0 Å². The van der Waals surface area contributed by atoms with Gasteiger partial charge in [-0.25, -0.2) is 0 Å². The Kier molecular flexibility index (Phi) is 3.17. The molecule has 0 radical (unpaired) electrons. The Balaban J connectivity index is 1.66. The van der Waals surface area contributed by atoms with Crippen molar-refractivity contribution < 1.29 is 0 Å². The summed E-state index contributed by atoms with van der Waals surface area (Å²) in [5.74, 6) is 0.959. The molecule has 2 unspecified atom stereocenters. The van der Waals surface area contributed by atoms with Crippen molar-refractivity contribution in [1.82, 2.24) is 10.2 Å². The summed E-state index contributed by atoms with van der Waals surface area (Å²) in [7, 11) is 0. The quantitative estimate of drug-likeness (QED) is 0.858. The Morgan fingerprint density at radius 1 is 1.24 bits per heavy atom. The van der Waals surface area contributed by atoms with Crippen molar-refractivity contribution in [3.63, 3.8) is 0 Å². The number of hydrogen-bond donors (Lipinski definition) is 1. The molecule has 2 atom stereocenters. The SMILES string of the molecule is CC(c1ccccc1)N1CCNC(C2CC2)C1. The molecule has 3 rings (SSSR count). The molecule has 2 heteroatoms. The minimum atomic E-state index is 0.555. The van der Waals surface area contributed by atoms with E-state index >= 15 is 0 Å². The number of piperazine rings is 1. The third kappa shape index (κ3) is 2.53. The second-order valence-electron chi connectivity index (χ2n) is 5.48. The summed E-state index contributed by atoms with van der Waals surface area (Å²) < 4.78 is 0. The Morgan fingerprint density at radius 3 is 2.71 bits per heavy atom. The van der Waals surface area contributed by atoms with Crippen LogP contribution in [0, 0.1) is 5.92 Å². The molecule has 1 aromatic carbocycles. The first kappa shape index (κ1) is 11.2. The van der Waals surface area contributed by atoms with E-state index in [1.807, 2.05) is 0 Å².